The Morgan fingerprint density at radius 1 is 1.40 bits per heavy atom. The van der Waals surface area contributed by atoms with Gasteiger partial charge in [-0.2, -0.15) is 0 Å². The zero-order valence-electron chi connectivity index (χ0n) is 12.0. The second kappa shape index (κ2) is 6.18. The number of benzene rings is 1. The van der Waals surface area contributed by atoms with Crippen molar-refractivity contribution in [1.29, 1.82) is 0 Å². The predicted octanol–water partition coefficient (Wildman–Crippen LogP) is 3.38. The van der Waals surface area contributed by atoms with Gasteiger partial charge in [0, 0.05) is 34.2 Å². The average Bonchev–Trinajstić information content (AvgIpc) is 2.65. The summed E-state index contributed by atoms with van der Waals surface area (Å²) in [5.74, 6) is 0. The van der Waals surface area contributed by atoms with Crippen molar-refractivity contribution in [2.24, 2.45) is 0 Å². The smallest absolute Gasteiger partial charge is 0.314 e. The summed E-state index contributed by atoms with van der Waals surface area (Å²) in [6.45, 7) is 6.51. The van der Waals surface area contributed by atoms with Gasteiger partial charge in [0.25, 0.3) is 0 Å². The van der Waals surface area contributed by atoms with Gasteiger partial charge in [-0.25, -0.2) is 4.79 Å². The van der Waals surface area contributed by atoms with Crippen LogP contribution in [0.2, 0.25) is 5.02 Å². The van der Waals surface area contributed by atoms with Crippen LogP contribution in [0.3, 0.4) is 0 Å². The van der Waals surface area contributed by atoms with E-state index in [0.29, 0.717) is 6.54 Å². The Balaban J connectivity index is 2.04. The Kier molecular flexibility index (Phi) is 4.55. The van der Waals surface area contributed by atoms with E-state index in [0.717, 1.165) is 28.0 Å². The second-order valence-corrected chi connectivity index (χ2v) is 5.66. The molecule has 0 fully saturated rings. The number of halogens is 1. The number of H-pyrrole nitrogens is 1. The van der Waals surface area contributed by atoms with E-state index in [4.69, 9.17) is 11.6 Å². The normalized spacial score (nSPS) is 11.1. The van der Waals surface area contributed by atoms with Crippen molar-refractivity contribution in [3.05, 3.63) is 34.5 Å². The highest BCUT2D eigenvalue weighted by molar-refractivity contribution is 6.31. The molecule has 0 saturated carbocycles. The van der Waals surface area contributed by atoms with Crippen molar-refractivity contribution < 1.29 is 4.79 Å². The van der Waals surface area contributed by atoms with Crippen molar-refractivity contribution in [2.75, 3.05) is 6.54 Å². The van der Waals surface area contributed by atoms with Gasteiger partial charge in [0.1, 0.15) is 0 Å². The van der Waals surface area contributed by atoms with Crippen LogP contribution in [0, 0.1) is 6.92 Å². The third-order valence-corrected chi connectivity index (χ3v) is 3.40. The maximum absolute atomic E-state index is 11.5. The lowest BCUT2D eigenvalue weighted by Gasteiger charge is -2.10. The number of urea groups is 1. The van der Waals surface area contributed by atoms with E-state index in [1.165, 1.54) is 5.56 Å². The Morgan fingerprint density at radius 2 is 2.15 bits per heavy atom. The third-order valence-electron chi connectivity index (χ3n) is 3.16. The molecule has 4 nitrogen and oxygen atoms in total. The first kappa shape index (κ1) is 14.7. The van der Waals surface area contributed by atoms with Gasteiger partial charge in [-0.3, -0.25) is 0 Å². The topological polar surface area (TPSA) is 56.9 Å². The van der Waals surface area contributed by atoms with Gasteiger partial charge in [-0.15, -0.1) is 0 Å². The number of aromatic amines is 1. The molecule has 108 valence electrons. The molecule has 1 aromatic heterocycles. The maximum atomic E-state index is 11.5. The molecule has 20 heavy (non-hydrogen) atoms. The van der Waals surface area contributed by atoms with Crippen LogP contribution in [0.25, 0.3) is 10.9 Å². The van der Waals surface area contributed by atoms with Gasteiger partial charge in [-0.1, -0.05) is 11.6 Å². The zero-order chi connectivity index (χ0) is 14.7. The van der Waals surface area contributed by atoms with Crippen molar-refractivity contribution in [2.45, 2.75) is 33.2 Å². The number of nitrogens with one attached hydrogen (secondary N) is 3. The first-order valence-electron chi connectivity index (χ1n) is 6.78. The van der Waals surface area contributed by atoms with E-state index in [-0.39, 0.29) is 12.1 Å². The van der Waals surface area contributed by atoms with E-state index in [2.05, 4.69) is 15.6 Å². The van der Waals surface area contributed by atoms with Gasteiger partial charge in [0.2, 0.25) is 0 Å². The van der Waals surface area contributed by atoms with Crippen molar-refractivity contribution >= 4 is 28.5 Å². The molecule has 5 heteroatoms. The molecule has 0 unspecified atom stereocenters. The number of fused-ring (bicyclic) bond motifs is 1. The van der Waals surface area contributed by atoms with Crippen LogP contribution >= 0.6 is 11.6 Å². The number of aromatic nitrogens is 1. The zero-order valence-corrected chi connectivity index (χ0v) is 12.8. The molecule has 0 atom stereocenters. The maximum Gasteiger partial charge on any atom is 0.314 e. The van der Waals surface area contributed by atoms with Crippen LogP contribution in [0.1, 0.15) is 25.1 Å². The van der Waals surface area contributed by atoms with Crippen LogP contribution in [0.15, 0.2) is 18.2 Å². The van der Waals surface area contributed by atoms with Crippen LogP contribution in [0.4, 0.5) is 4.79 Å². The minimum atomic E-state index is -0.129. The quantitative estimate of drug-likeness (QED) is 0.795. The molecule has 0 aliphatic carbocycles. The second-order valence-electron chi connectivity index (χ2n) is 5.22. The van der Waals surface area contributed by atoms with E-state index >= 15 is 0 Å². The molecule has 3 N–H and O–H groups in total. The van der Waals surface area contributed by atoms with E-state index in [1.807, 2.05) is 39.0 Å². The molecule has 2 aromatic rings. The van der Waals surface area contributed by atoms with Gasteiger partial charge < -0.3 is 15.6 Å². The molecule has 0 aliphatic heterocycles. The number of carbonyl (C=O) groups excluding carboxylic acids is 1. The summed E-state index contributed by atoms with van der Waals surface area (Å²) in [6, 6.07) is 5.83. The molecule has 0 aliphatic rings. The van der Waals surface area contributed by atoms with Crippen LogP contribution < -0.4 is 10.6 Å². The Morgan fingerprint density at radius 3 is 2.85 bits per heavy atom. The monoisotopic (exact) mass is 293 g/mol. The number of carbonyl (C=O) groups is 1. The van der Waals surface area contributed by atoms with Gasteiger partial charge in [0.15, 0.2) is 0 Å². The fraction of sp³-hybridized carbons (Fsp3) is 0.400. The van der Waals surface area contributed by atoms with Crippen LogP contribution in [-0.2, 0) is 6.42 Å². The summed E-state index contributed by atoms with van der Waals surface area (Å²) in [5.41, 5.74) is 3.40. The Labute approximate surface area is 123 Å². The number of aryl methyl sites for hydroxylation is 1. The highest BCUT2D eigenvalue weighted by Crippen LogP contribution is 2.25. The number of hydrogen-bond acceptors (Lipinski definition) is 1. The third kappa shape index (κ3) is 3.45. The molecule has 0 saturated heterocycles. The van der Waals surface area contributed by atoms with E-state index in [1.54, 1.807) is 0 Å². The lowest BCUT2D eigenvalue weighted by molar-refractivity contribution is 0.238. The molecule has 1 aromatic carbocycles. The Bertz CT molecular complexity index is 619. The lowest BCUT2D eigenvalue weighted by atomic mass is 10.1. The summed E-state index contributed by atoms with van der Waals surface area (Å²) in [6.07, 6.45) is 0.775. The molecule has 1 heterocycles. The summed E-state index contributed by atoms with van der Waals surface area (Å²) in [5, 5.41) is 7.52. The highest BCUT2D eigenvalue weighted by atomic mass is 35.5. The first-order chi connectivity index (χ1) is 9.47. The molecule has 0 bridgehead atoms. The molecule has 2 rings (SSSR count). The SMILES string of the molecule is Cc1[nH]c2ccc(Cl)cc2c1CCNC(=O)NC(C)C. The number of rotatable bonds is 4. The largest absolute Gasteiger partial charge is 0.358 e. The average molecular weight is 294 g/mol. The minimum Gasteiger partial charge on any atom is -0.358 e. The number of hydrogen-bond donors (Lipinski definition) is 3. The fourth-order valence-corrected chi connectivity index (χ4v) is 2.46. The van der Waals surface area contributed by atoms with Crippen molar-refractivity contribution in [3.63, 3.8) is 0 Å². The van der Waals surface area contributed by atoms with Crippen molar-refractivity contribution in [1.82, 2.24) is 15.6 Å². The summed E-state index contributed by atoms with van der Waals surface area (Å²) >= 11 is 6.05. The van der Waals surface area contributed by atoms with Gasteiger partial charge >= 0.3 is 6.03 Å². The summed E-state index contributed by atoms with van der Waals surface area (Å²) < 4.78 is 0. The number of amides is 2. The molecule has 0 spiro atoms. The molecular formula is C15H20ClN3O. The van der Waals surface area contributed by atoms with Crippen LogP contribution in [-0.4, -0.2) is 23.6 Å². The predicted molar refractivity (Wildman–Crippen MR) is 83.4 cm³/mol. The Hall–Kier alpha value is -1.68. The molecular weight excluding hydrogens is 274 g/mol. The first-order valence-corrected chi connectivity index (χ1v) is 7.16. The van der Waals surface area contributed by atoms with Gasteiger partial charge in [-0.05, 0) is 51.0 Å². The minimum absolute atomic E-state index is 0.129. The van der Waals surface area contributed by atoms with E-state index in [9.17, 15) is 4.79 Å². The fourth-order valence-electron chi connectivity index (χ4n) is 2.29. The summed E-state index contributed by atoms with van der Waals surface area (Å²) in [4.78, 5) is 14.9. The highest BCUT2D eigenvalue weighted by Gasteiger charge is 2.09. The standard InChI is InChI=1S/C15H20ClN3O/c1-9(2)18-15(20)17-7-6-12-10(3)19-14-5-4-11(16)8-13(12)14/h4-5,8-9,19H,6-7H2,1-3H3,(H2,17,18,20). The molecule has 2 amide bonds. The summed E-state index contributed by atoms with van der Waals surface area (Å²) in [7, 11) is 0. The van der Waals surface area contributed by atoms with Gasteiger partial charge in [0.05, 0.1) is 0 Å². The van der Waals surface area contributed by atoms with Crippen molar-refractivity contribution in [3.8, 4) is 0 Å². The molecule has 0 radical (unpaired) electrons. The van der Waals surface area contributed by atoms with E-state index < -0.39 is 0 Å². The lowest BCUT2D eigenvalue weighted by Crippen LogP contribution is -2.40. The van der Waals surface area contributed by atoms with Crippen LogP contribution in [0.5, 0.6) is 0 Å².